The van der Waals surface area contributed by atoms with E-state index in [0.29, 0.717) is 11.8 Å². The van der Waals surface area contributed by atoms with Crippen molar-refractivity contribution in [2.45, 2.75) is 31.8 Å². The third-order valence-electron chi connectivity index (χ3n) is 1.67. The van der Waals surface area contributed by atoms with E-state index in [1.807, 2.05) is 13.8 Å². The highest BCUT2D eigenvalue weighted by Crippen LogP contribution is 2.27. The van der Waals surface area contributed by atoms with Crippen LogP contribution in [0.5, 0.6) is 0 Å². The van der Waals surface area contributed by atoms with Crippen molar-refractivity contribution in [3.05, 3.63) is 29.6 Å². The molecule has 0 aliphatic carbocycles. The summed E-state index contributed by atoms with van der Waals surface area (Å²) in [5.74, 6) is 0.601. The fraction of sp³-hybridized carbons (Fsp3) is 0.500. The number of nitrogens with zero attached hydrogens (tertiary/aromatic N) is 1. The van der Waals surface area contributed by atoms with Crippen molar-refractivity contribution in [3.63, 3.8) is 0 Å². The molecule has 0 bridgehead atoms. The molecule has 1 rings (SSSR count). The summed E-state index contributed by atoms with van der Waals surface area (Å²) in [6, 6.07) is 2.79. The lowest BCUT2D eigenvalue weighted by atomic mass is 10.3. The molecule has 0 amide bonds. The second kappa shape index (κ2) is 5.54. The zero-order valence-electron chi connectivity index (χ0n) is 9.01. The average molecular weight is 250 g/mol. The molecule has 1 aromatic rings. The Morgan fingerprint density at radius 2 is 2.06 bits per heavy atom. The molecule has 6 heteroatoms. The van der Waals surface area contributed by atoms with Crippen LogP contribution in [0.25, 0.3) is 0 Å². The van der Waals surface area contributed by atoms with Gasteiger partial charge < -0.3 is 0 Å². The average Bonchev–Trinajstić information content (AvgIpc) is 2.16. The van der Waals surface area contributed by atoms with Gasteiger partial charge in [0, 0.05) is 18.0 Å². The molecule has 0 atom stereocenters. The summed E-state index contributed by atoms with van der Waals surface area (Å²) in [7, 11) is 0. The number of pyridine rings is 1. The highest BCUT2D eigenvalue weighted by Gasteiger charge is 2.31. The van der Waals surface area contributed by atoms with Crippen LogP contribution < -0.4 is 4.72 Å². The minimum absolute atomic E-state index is 0.340. The molecule has 16 heavy (non-hydrogen) atoms. The number of alkyl halides is 3. The van der Waals surface area contributed by atoms with Gasteiger partial charge in [0.15, 0.2) is 0 Å². The minimum atomic E-state index is -4.36. The van der Waals surface area contributed by atoms with Crippen LogP contribution in [-0.2, 0) is 11.9 Å². The van der Waals surface area contributed by atoms with Gasteiger partial charge in [-0.1, -0.05) is 18.0 Å². The van der Waals surface area contributed by atoms with E-state index < -0.39 is 11.9 Å². The Morgan fingerprint density at radius 3 is 2.50 bits per heavy atom. The van der Waals surface area contributed by atoms with Gasteiger partial charge >= 0.3 is 6.18 Å². The summed E-state index contributed by atoms with van der Waals surface area (Å²) < 4.78 is 39.7. The van der Waals surface area contributed by atoms with Crippen LogP contribution in [0.1, 0.15) is 25.1 Å². The number of nitrogens with one attached hydrogen (secondary N) is 1. The maximum atomic E-state index is 12.2. The van der Waals surface area contributed by atoms with Crippen LogP contribution in [-0.4, -0.2) is 11.0 Å². The predicted octanol–water partition coefficient (Wildman–Crippen LogP) is 3.25. The maximum absolute atomic E-state index is 12.2. The van der Waals surface area contributed by atoms with Crippen LogP contribution in [0.4, 0.5) is 13.2 Å². The number of hydrogen-bond donors (Lipinski definition) is 1. The first-order chi connectivity index (χ1) is 7.39. The van der Waals surface area contributed by atoms with Crippen molar-refractivity contribution < 1.29 is 13.2 Å². The number of aromatic nitrogens is 1. The van der Waals surface area contributed by atoms with Crippen LogP contribution >= 0.6 is 11.9 Å². The van der Waals surface area contributed by atoms with Crippen LogP contribution in [0, 0.1) is 0 Å². The molecule has 0 unspecified atom stereocenters. The second-order valence-corrected chi connectivity index (χ2v) is 4.42. The predicted molar refractivity (Wildman–Crippen MR) is 58.8 cm³/mol. The van der Waals surface area contributed by atoms with Gasteiger partial charge in [-0.2, -0.15) is 13.2 Å². The molecule has 1 aromatic heterocycles. The van der Waals surface area contributed by atoms with Gasteiger partial charge in [-0.25, -0.2) is 0 Å². The highest BCUT2D eigenvalue weighted by molar-refractivity contribution is 7.96. The zero-order chi connectivity index (χ0) is 12.2. The van der Waals surface area contributed by atoms with Crippen molar-refractivity contribution in [2.75, 3.05) is 0 Å². The molecule has 0 aliphatic heterocycles. The molecular weight excluding hydrogens is 237 g/mol. The van der Waals surface area contributed by atoms with E-state index in [-0.39, 0.29) is 0 Å². The van der Waals surface area contributed by atoms with E-state index in [4.69, 9.17) is 0 Å². The molecule has 0 fully saturated rings. The lowest BCUT2D eigenvalue weighted by Crippen LogP contribution is -2.14. The Labute approximate surface area is 96.8 Å². The molecule has 0 aliphatic rings. The molecule has 0 spiro atoms. The van der Waals surface area contributed by atoms with Gasteiger partial charge in [-0.3, -0.25) is 9.71 Å². The Kier molecular flexibility index (Phi) is 4.61. The lowest BCUT2D eigenvalue weighted by molar-refractivity contribution is -0.141. The number of rotatable bonds is 4. The third-order valence-corrected chi connectivity index (χ3v) is 2.79. The topological polar surface area (TPSA) is 24.9 Å². The van der Waals surface area contributed by atoms with Gasteiger partial charge in [0.2, 0.25) is 0 Å². The fourth-order valence-electron chi connectivity index (χ4n) is 0.969. The van der Waals surface area contributed by atoms with Gasteiger partial charge in [0.25, 0.3) is 0 Å². The smallest absolute Gasteiger partial charge is 0.261 e. The first-order valence-electron chi connectivity index (χ1n) is 4.79. The molecule has 1 N–H and O–H groups in total. The van der Waals surface area contributed by atoms with E-state index in [1.165, 1.54) is 24.2 Å². The molecule has 0 saturated carbocycles. The number of halogens is 3. The Hall–Kier alpha value is -0.750. The van der Waals surface area contributed by atoms with E-state index >= 15 is 0 Å². The van der Waals surface area contributed by atoms with Crippen LogP contribution in [0.15, 0.2) is 18.3 Å². The Morgan fingerprint density at radius 1 is 1.38 bits per heavy atom. The largest absolute Gasteiger partial charge is 0.433 e. The first-order valence-corrected chi connectivity index (χ1v) is 5.77. The zero-order valence-corrected chi connectivity index (χ0v) is 9.82. The molecule has 0 saturated heterocycles. The Balaban J connectivity index is 2.52. The summed E-state index contributed by atoms with van der Waals surface area (Å²) in [5, 5.41) is 0. The quantitative estimate of drug-likeness (QED) is 0.830. The van der Waals surface area contributed by atoms with Crippen molar-refractivity contribution >= 4 is 11.9 Å². The van der Waals surface area contributed by atoms with Crippen molar-refractivity contribution in [1.29, 1.82) is 0 Å². The van der Waals surface area contributed by atoms with Crippen molar-refractivity contribution in [3.8, 4) is 0 Å². The molecule has 0 radical (unpaired) electrons. The molecule has 0 aromatic carbocycles. The van der Waals surface area contributed by atoms with E-state index in [2.05, 4.69) is 9.71 Å². The summed E-state index contributed by atoms with van der Waals surface area (Å²) in [6.07, 6.45) is -3.10. The van der Waals surface area contributed by atoms with E-state index in [0.717, 1.165) is 11.6 Å². The summed E-state index contributed by atoms with van der Waals surface area (Å²) >= 11 is 1.46. The molecule has 90 valence electrons. The lowest BCUT2D eigenvalue weighted by Gasteiger charge is -2.08. The second-order valence-electron chi connectivity index (χ2n) is 3.61. The highest BCUT2D eigenvalue weighted by atomic mass is 32.2. The van der Waals surface area contributed by atoms with Crippen molar-refractivity contribution in [2.24, 2.45) is 0 Å². The summed E-state index contributed by atoms with van der Waals surface area (Å²) in [4.78, 5) is 3.38. The molecule has 1 heterocycles. The Bertz CT molecular complexity index is 322. The molecular formula is C10H13F3N2S. The summed E-state index contributed by atoms with van der Waals surface area (Å²) in [6.45, 7) is 4.00. The maximum Gasteiger partial charge on any atom is 0.433 e. The van der Waals surface area contributed by atoms with Crippen molar-refractivity contribution in [1.82, 2.24) is 9.71 Å². The van der Waals surface area contributed by atoms with Crippen LogP contribution in [0.3, 0.4) is 0 Å². The van der Waals surface area contributed by atoms with Gasteiger partial charge in [0.1, 0.15) is 5.69 Å². The normalized spacial score (nSPS) is 12.1. The summed E-state index contributed by atoms with van der Waals surface area (Å²) in [5.41, 5.74) is -0.0794. The van der Waals surface area contributed by atoms with Gasteiger partial charge in [-0.15, -0.1) is 0 Å². The third kappa shape index (κ3) is 4.40. The SMILES string of the molecule is CC(C)NSCc1ccc(C(F)(F)F)nc1. The van der Waals surface area contributed by atoms with E-state index in [9.17, 15) is 13.2 Å². The van der Waals surface area contributed by atoms with Gasteiger partial charge in [-0.05, 0) is 25.5 Å². The minimum Gasteiger partial charge on any atom is -0.261 e. The van der Waals surface area contributed by atoms with Crippen LogP contribution in [0.2, 0.25) is 0 Å². The standard InChI is InChI=1S/C10H13F3N2S/c1-7(2)15-16-6-8-3-4-9(14-5-8)10(11,12)13/h3-5,7,15H,6H2,1-2H3. The van der Waals surface area contributed by atoms with Gasteiger partial charge in [0.05, 0.1) is 0 Å². The fourth-order valence-corrected chi connectivity index (χ4v) is 1.72. The van der Waals surface area contributed by atoms with E-state index in [1.54, 1.807) is 0 Å². The first kappa shape index (κ1) is 13.3. The monoisotopic (exact) mass is 250 g/mol. The number of hydrogen-bond acceptors (Lipinski definition) is 3. The molecule has 2 nitrogen and oxygen atoms in total.